The average Bonchev–Trinajstić information content (AvgIpc) is 3.74. The normalized spacial score (nSPS) is 16.8. The fourth-order valence-corrected chi connectivity index (χ4v) is 6.63. The number of carbonyl (C=O) groups excluding carboxylic acids is 9. The van der Waals surface area contributed by atoms with Crippen LogP contribution in [-0.2, 0) is 62.3 Å². The van der Waals surface area contributed by atoms with E-state index in [-0.39, 0.29) is 38.1 Å². The number of aliphatic carboxylic acids is 4. The molecule has 0 spiro atoms. The van der Waals surface area contributed by atoms with Crippen molar-refractivity contribution in [1.29, 1.82) is 0 Å². The molecule has 1 aliphatic rings. The number of rotatable bonds is 31. The second-order valence-corrected chi connectivity index (χ2v) is 16.5. The Hall–Kier alpha value is -6.97. The predicted molar refractivity (Wildman–Crippen MR) is 231 cm³/mol. The minimum absolute atomic E-state index is 0.0346. The monoisotopic (exact) mass is 972 g/mol. The number of carbonyl (C=O) groups is 13. The summed E-state index contributed by atoms with van der Waals surface area (Å²) in [5, 5.41) is 63.0. The van der Waals surface area contributed by atoms with Crippen LogP contribution >= 0.6 is 0 Å². The van der Waals surface area contributed by atoms with E-state index in [4.69, 9.17) is 21.7 Å². The fraction of sp³-hybridized carbons (Fsp3) is 0.675. The van der Waals surface area contributed by atoms with Gasteiger partial charge in [-0.25, -0.2) is 4.79 Å². The number of aliphatic hydroxyl groups is 1. The summed E-state index contributed by atoms with van der Waals surface area (Å²) in [5.74, 6) is -14.4. The first kappa shape index (κ1) is 59.0. The molecule has 1 aliphatic heterocycles. The molecule has 0 aliphatic carbocycles. The zero-order chi connectivity index (χ0) is 52.0. The van der Waals surface area contributed by atoms with Crippen molar-refractivity contribution in [2.24, 2.45) is 17.4 Å². The largest absolute Gasteiger partial charge is 0.481 e. The van der Waals surface area contributed by atoms with E-state index in [0.29, 0.717) is 6.42 Å². The van der Waals surface area contributed by atoms with Crippen molar-refractivity contribution in [3.8, 4) is 0 Å². The zero-order valence-corrected chi connectivity index (χ0v) is 38.1. The van der Waals surface area contributed by atoms with Crippen LogP contribution in [0.5, 0.6) is 0 Å². The van der Waals surface area contributed by atoms with Crippen LogP contribution in [0.25, 0.3) is 0 Å². The van der Waals surface area contributed by atoms with E-state index in [2.05, 4.69) is 31.9 Å². The highest BCUT2D eigenvalue weighted by atomic mass is 16.4. The summed E-state index contributed by atoms with van der Waals surface area (Å²) in [6, 6.07) is -11.7. The van der Waals surface area contributed by atoms with Gasteiger partial charge in [-0.15, -0.1) is 0 Å². The van der Waals surface area contributed by atoms with Gasteiger partial charge in [-0.05, 0) is 64.7 Å². The van der Waals surface area contributed by atoms with Crippen LogP contribution < -0.4 is 48.7 Å². The molecule has 1 heterocycles. The smallest absolute Gasteiger partial charge is 0.326 e. The van der Waals surface area contributed by atoms with Crippen LogP contribution in [0.1, 0.15) is 98.3 Å². The van der Waals surface area contributed by atoms with Crippen LogP contribution in [0.2, 0.25) is 0 Å². The first-order valence-electron chi connectivity index (χ1n) is 21.6. The van der Waals surface area contributed by atoms with Crippen LogP contribution in [0.15, 0.2) is 0 Å². The molecular weight excluding hydrogens is 908 g/mol. The molecule has 28 heteroatoms. The number of amides is 9. The average molecular weight is 973 g/mol. The molecule has 9 amide bonds. The van der Waals surface area contributed by atoms with Crippen molar-refractivity contribution in [2.45, 2.75) is 153 Å². The topological polar surface area (TPSA) is 463 Å². The second-order valence-electron chi connectivity index (χ2n) is 16.5. The van der Waals surface area contributed by atoms with Gasteiger partial charge in [0.15, 0.2) is 0 Å². The Morgan fingerprint density at radius 3 is 1.62 bits per heavy atom. The highest BCUT2D eigenvalue weighted by Crippen LogP contribution is 2.21. The maximum Gasteiger partial charge on any atom is 0.326 e. The Morgan fingerprint density at radius 1 is 0.603 bits per heavy atom. The Balaban J connectivity index is 3.16. The number of primary amides is 1. The summed E-state index contributed by atoms with van der Waals surface area (Å²) in [5.41, 5.74) is 10.9. The van der Waals surface area contributed by atoms with Crippen molar-refractivity contribution in [3.05, 3.63) is 0 Å². The number of nitrogens with two attached hydrogens (primary N) is 2. The number of nitrogens with one attached hydrogen (secondary N) is 7. The van der Waals surface area contributed by atoms with Gasteiger partial charge in [0.1, 0.15) is 42.3 Å². The van der Waals surface area contributed by atoms with Crippen LogP contribution in [0.4, 0.5) is 0 Å². The predicted octanol–water partition coefficient (Wildman–Crippen LogP) is -5.28. The SMILES string of the molecule is CC(C)C[C@H](NC(=O)[C@H](C)NC(=O)[C@@H](N)CCC(N)=O)C(=O)N1CCC[C@H]1C(=O)N[C@@H](CCC(=O)O)C(=O)N[C@H](C(=O)NCC(=O)N[C@@H](CCC(=O)O)C(=O)N[C@@H](CCC(=O)O)C(=O)O)[C@@H](C)O. The maximum atomic E-state index is 14.0. The van der Waals surface area contributed by atoms with Crippen molar-refractivity contribution >= 4 is 77.0 Å². The van der Waals surface area contributed by atoms with E-state index in [0.717, 1.165) is 6.92 Å². The van der Waals surface area contributed by atoms with Gasteiger partial charge >= 0.3 is 23.9 Å². The molecule has 0 bridgehead atoms. The molecule has 1 rings (SSSR count). The number of likely N-dealkylation sites (tertiary alicyclic amines) is 1. The van der Waals surface area contributed by atoms with Gasteiger partial charge in [0.2, 0.25) is 53.2 Å². The molecule has 9 atom stereocenters. The minimum Gasteiger partial charge on any atom is -0.481 e. The van der Waals surface area contributed by atoms with Crippen molar-refractivity contribution < 1.29 is 87.9 Å². The molecule has 68 heavy (non-hydrogen) atoms. The molecule has 16 N–H and O–H groups in total. The number of aliphatic hydroxyl groups excluding tert-OH is 1. The molecular formula is C40H64N10O18. The van der Waals surface area contributed by atoms with Gasteiger partial charge in [0.05, 0.1) is 18.7 Å². The summed E-state index contributed by atoms with van der Waals surface area (Å²) >= 11 is 0. The number of hydrogen-bond donors (Lipinski definition) is 14. The molecule has 1 saturated heterocycles. The zero-order valence-electron chi connectivity index (χ0n) is 38.1. The molecule has 28 nitrogen and oxygen atoms in total. The van der Waals surface area contributed by atoms with Crippen molar-refractivity contribution in [1.82, 2.24) is 42.1 Å². The lowest BCUT2D eigenvalue weighted by atomic mass is 10.0. The van der Waals surface area contributed by atoms with Gasteiger partial charge in [-0.3, -0.25) is 57.5 Å². The van der Waals surface area contributed by atoms with E-state index >= 15 is 0 Å². The van der Waals surface area contributed by atoms with E-state index in [9.17, 15) is 77.6 Å². The highest BCUT2D eigenvalue weighted by Gasteiger charge is 2.40. The van der Waals surface area contributed by atoms with Crippen molar-refractivity contribution in [3.63, 3.8) is 0 Å². The second kappa shape index (κ2) is 28.9. The van der Waals surface area contributed by atoms with Gasteiger partial charge in [0.25, 0.3) is 0 Å². The van der Waals surface area contributed by atoms with Gasteiger partial charge < -0.3 is 79.1 Å². The summed E-state index contributed by atoms with van der Waals surface area (Å²) < 4.78 is 0. The van der Waals surface area contributed by atoms with E-state index in [1.54, 1.807) is 13.8 Å². The molecule has 0 radical (unpaired) electrons. The first-order chi connectivity index (χ1) is 31.6. The molecule has 0 saturated carbocycles. The number of carboxylic acids is 4. The van der Waals surface area contributed by atoms with Crippen LogP contribution in [-0.4, -0.2) is 175 Å². The highest BCUT2D eigenvalue weighted by molar-refractivity contribution is 5.98. The van der Waals surface area contributed by atoms with Gasteiger partial charge in [0, 0.05) is 32.2 Å². The summed E-state index contributed by atoms with van der Waals surface area (Å²) in [4.78, 5) is 163. The molecule has 0 unspecified atom stereocenters. The Bertz CT molecular complexity index is 1880. The lowest BCUT2D eigenvalue weighted by Gasteiger charge is -2.31. The van der Waals surface area contributed by atoms with Gasteiger partial charge in [-0.2, -0.15) is 0 Å². The van der Waals surface area contributed by atoms with Gasteiger partial charge in [-0.1, -0.05) is 13.8 Å². The Labute approximate surface area is 389 Å². The van der Waals surface area contributed by atoms with Crippen LogP contribution in [0.3, 0.4) is 0 Å². The lowest BCUT2D eigenvalue weighted by molar-refractivity contribution is -0.144. The number of carboxylic acid groups (broad SMARTS) is 4. The van der Waals surface area contributed by atoms with E-state index in [1.807, 2.05) is 5.32 Å². The third-order valence-electron chi connectivity index (χ3n) is 10.3. The summed E-state index contributed by atoms with van der Waals surface area (Å²) in [6.07, 6.45) is -5.19. The lowest BCUT2D eigenvalue weighted by Crippen LogP contribution is -2.60. The summed E-state index contributed by atoms with van der Waals surface area (Å²) in [6.45, 7) is 5.01. The Morgan fingerprint density at radius 2 is 1.12 bits per heavy atom. The van der Waals surface area contributed by atoms with Crippen LogP contribution in [0, 0.1) is 5.92 Å². The third-order valence-corrected chi connectivity index (χ3v) is 10.3. The van der Waals surface area contributed by atoms with E-state index < -0.39 is 177 Å². The fourth-order valence-electron chi connectivity index (χ4n) is 6.63. The first-order valence-corrected chi connectivity index (χ1v) is 21.6. The maximum absolute atomic E-state index is 14.0. The minimum atomic E-state index is -1.86. The third kappa shape index (κ3) is 21.6. The standard InChI is InChI=1S/C40H64N10O18/c1-18(2)16-25(48-33(60)19(3)44-34(61)21(41)7-11-27(42)52)39(66)50-15-5-6-26(50)37(64)46-23(9-13-30(56)57)36(63)49-32(20(4)51)38(65)43-17-28(53)45-22(8-12-29(54)55)35(62)47-24(40(67)68)10-14-31(58)59/h18-26,32,51H,5-17,41H2,1-4H3,(H2,42,52)(H,43,65)(H,44,61)(H,45,53)(H,46,64)(H,47,62)(H,48,60)(H,49,63)(H,54,55)(H,56,57)(H,58,59)(H,67,68)/t19-,20+,21-,22-,23-,24-,25-,26-,32-/m0/s1. The van der Waals surface area contributed by atoms with E-state index in [1.165, 1.54) is 11.8 Å². The molecule has 1 fully saturated rings. The number of nitrogens with zero attached hydrogens (tertiary/aromatic N) is 1. The molecule has 382 valence electrons. The Kier molecular flexibility index (Phi) is 25.1. The molecule has 0 aromatic rings. The number of hydrogen-bond acceptors (Lipinski definition) is 15. The van der Waals surface area contributed by atoms with Crippen molar-refractivity contribution in [2.75, 3.05) is 13.1 Å². The quantitative estimate of drug-likeness (QED) is 0.0309. The molecule has 0 aromatic heterocycles. The molecule has 0 aromatic carbocycles. The summed E-state index contributed by atoms with van der Waals surface area (Å²) in [7, 11) is 0.